The van der Waals surface area contributed by atoms with Crippen molar-refractivity contribution in [2.45, 2.75) is 19.1 Å². The van der Waals surface area contributed by atoms with Crippen molar-refractivity contribution in [3.63, 3.8) is 0 Å². The van der Waals surface area contributed by atoms with E-state index in [1.165, 1.54) is 0 Å². The first-order valence-electron chi connectivity index (χ1n) is 8.00. The van der Waals surface area contributed by atoms with Gasteiger partial charge in [0.25, 0.3) is 5.91 Å². The van der Waals surface area contributed by atoms with E-state index in [1.807, 2.05) is 41.3 Å². The van der Waals surface area contributed by atoms with Crippen molar-refractivity contribution in [3.8, 4) is 0 Å². The molecular formula is C19H20N2O2S. The van der Waals surface area contributed by atoms with E-state index in [-0.39, 0.29) is 18.1 Å². The number of hydrogen-bond acceptors (Lipinski definition) is 3. The number of ether oxygens (including phenoxy) is 1. The summed E-state index contributed by atoms with van der Waals surface area (Å²) in [5.74, 6) is -0.185. The summed E-state index contributed by atoms with van der Waals surface area (Å²) in [5, 5.41) is 3.28. The molecule has 5 heteroatoms. The maximum atomic E-state index is 12.3. The minimum absolute atomic E-state index is 0.0460. The van der Waals surface area contributed by atoms with Crippen molar-refractivity contribution in [1.82, 2.24) is 10.2 Å². The number of carbonyl (C=O) groups excluding carboxylic acids is 1. The number of thiocarbonyl (C=S) groups is 1. The monoisotopic (exact) mass is 340 g/mol. The zero-order valence-electron chi connectivity index (χ0n) is 13.5. The first kappa shape index (κ1) is 16.6. The Hall–Kier alpha value is -2.24. The average Bonchev–Trinajstić information content (AvgIpc) is 2.63. The third kappa shape index (κ3) is 3.63. The molecule has 0 saturated carbocycles. The van der Waals surface area contributed by atoms with Crippen LogP contribution >= 0.6 is 12.2 Å². The lowest BCUT2D eigenvalue weighted by Crippen LogP contribution is -2.53. The van der Waals surface area contributed by atoms with Crippen LogP contribution in [0.25, 0.3) is 0 Å². The van der Waals surface area contributed by atoms with Crippen LogP contribution in [0.2, 0.25) is 0 Å². The fourth-order valence-corrected chi connectivity index (χ4v) is 3.27. The van der Waals surface area contributed by atoms with Crippen LogP contribution in [-0.4, -0.2) is 35.1 Å². The summed E-state index contributed by atoms with van der Waals surface area (Å²) in [6.45, 7) is 3.31. The van der Waals surface area contributed by atoms with Gasteiger partial charge in [0.05, 0.1) is 12.6 Å². The maximum absolute atomic E-state index is 12.3. The van der Waals surface area contributed by atoms with Gasteiger partial charge in [0.15, 0.2) is 5.11 Å². The number of carbonyl (C=O) groups is 1. The first-order valence-corrected chi connectivity index (χ1v) is 8.41. The molecule has 4 nitrogen and oxygen atoms in total. The molecule has 3 rings (SSSR count). The molecule has 24 heavy (non-hydrogen) atoms. The minimum atomic E-state index is -0.185. The lowest BCUT2D eigenvalue weighted by atomic mass is 10.0. The molecule has 1 aliphatic heterocycles. The van der Waals surface area contributed by atoms with Crippen molar-refractivity contribution in [3.05, 3.63) is 71.8 Å². The van der Waals surface area contributed by atoms with E-state index < -0.39 is 0 Å². The van der Waals surface area contributed by atoms with Crippen LogP contribution in [0.3, 0.4) is 0 Å². The quantitative estimate of drug-likeness (QED) is 0.853. The summed E-state index contributed by atoms with van der Waals surface area (Å²) in [7, 11) is 0. The van der Waals surface area contributed by atoms with Gasteiger partial charge in [0.2, 0.25) is 0 Å². The van der Waals surface area contributed by atoms with E-state index in [0.717, 1.165) is 5.56 Å². The van der Waals surface area contributed by atoms with Crippen molar-refractivity contribution >= 4 is 23.2 Å². The van der Waals surface area contributed by atoms with E-state index >= 15 is 0 Å². The molecule has 124 valence electrons. The smallest absolute Gasteiger partial charge is 0.257 e. The molecule has 0 radical (unpaired) electrons. The third-order valence-corrected chi connectivity index (χ3v) is 4.54. The SMILES string of the molecule is CC1C(c2ccccc2)OCCN1C(=S)NC(=O)c1ccccc1. The molecule has 1 aliphatic rings. The van der Waals surface area contributed by atoms with E-state index in [0.29, 0.717) is 23.8 Å². The molecule has 2 atom stereocenters. The Labute approximate surface area is 147 Å². The molecule has 0 bridgehead atoms. The standard InChI is InChI=1S/C19H20N2O2S/c1-14-17(15-8-4-2-5-9-15)23-13-12-21(14)19(24)20-18(22)16-10-6-3-7-11-16/h2-11,14,17H,12-13H2,1H3,(H,20,22,24). The molecule has 0 spiro atoms. The topological polar surface area (TPSA) is 41.6 Å². The Morgan fingerprint density at radius 1 is 1.12 bits per heavy atom. The van der Waals surface area contributed by atoms with Gasteiger partial charge in [0, 0.05) is 12.1 Å². The van der Waals surface area contributed by atoms with Gasteiger partial charge in [-0.2, -0.15) is 0 Å². The van der Waals surface area contributed by atoms with Gasteiger partial charge < -0.3 is 9.64 Å². The minimum Gasteiger partial charge on any atom is -0.370 e. The summed E-state index contributed by atoms with van der Waals surface area (Å²) in [5.41, 5.74) is 1.72. The van der Waals surface area contributed by atoms with Crippen LogP contribution in [0.15, 0.2) is 60.7 Å². The van der Waals surface area contributed by atoms with Gasteiger partial charge >= 0.3 is 0 Å². The molecule has 0 aromatic heterocycles. The summed E-state index contributed by atoms with van der Waals surface area (Å²) >= 11 is 5.47. The zero-order valence-corrected chi connectivity index (χ0v) is 14.3. The Morgan fingerprint density at radius 2 is 1.75 bits per heavy atom. The normalized spacial score (nSPS) is 20.5. The Balaban J connectivity index is 1.69. The fourth-order valence-electron chi connectivity index (χ4n) is 2.92. The molecule has 1 N–H and O–H groups in total. The molecule has 2 aromatic carbocycles. The molecule has 0 aliphatic carbocycles. The molecule has 2 unspecified atom stereocenters. The van der Waals surface area contributed by atoms with Crippen LogP contribution in [-0.2, 0) is 4.74 Å². The van der Waals surface area contributed by atoms with Gasteiger partial charge in [0.1, 0.15) is 6.10 Å². The molecule has 1 amide bonds. The van der Waals surface area contributed by atoms with Crippen LogP contribution in [0.1, 0.15) is 28.9 Å². The van der Waals surface area contributed by atoms with Crippen LogP contribution in [0.4, 0.5) is 0 Å². The van der Waals surface area contributed by atoms with E-state index in [2.05, 4.69) is 24.4 Å². The van der Waals surface area contributed by atoms with Crippen molar-refractivity contribution < 1.29 is 9.53 Å². The summed E-state index contributed by atoms with van der Waals surface area (Å²) in [6, 6.07) is 19.2. The van der Waals surface area contributed by atoms with E-state index in [9.17, 15) is 4.79 Å². The van der Waals surface area contributed by atoms with Crippen LogP contribution < -0.4 is 5.32 Å². The number of amides is 1. The van der Waals surface area contributed by atoms with Crippen LogP contribution in [0.5, 0.6) is 0 Å². The van der Waals surface area contributed by atoms with Gasteiger partial charge in [-0.1, -0.05) is 48.5 Å². The molecule has 1 heterocycles. The lowest BCUT2D eigenvalue weighted by molar-refractivity contribution is -0.0413. The third-order valence-electron chi connectivity index (χ3n) is 4.20. The number of benzene rings is 2. The van der Waals surface area contributed by atoms with E-state index in [1.54, 1.807) is 12.1 Å². The predicted molar refractivity (Wildman–Crippen MR) is 97.8 cm³/mol. The second-order valence-electron chi connectivity index (χ2n) is 5.76. The maximum Gasteiger partial charge on any atom is 0.257 e. The number of rotatable bonds is 2. The molecule has 1 fully saturated rings. The van der Waals surface area contributed by atoms with Crippen molar-refractivity contribution in [1.29, 1.82) is 0 Å². The van der Waals surface area contributed by atoms with Gasteiger partial charge in [-0.3, -0.25) is 10.1 Å². The van der Waals surface area contributed by atoms with Crippen molar-refractivity contribution in [2.24, 2.45) is 0 Å². The highest BCUT2D eigenvalue weighted by Crippen LogP contribution is 2.28. The van der Waals surface area contributed by atoms with Crippen molar-refractivity contribution in [2.75, 3.05) is 13.2 Å². The lowest BCUT2D eigenvalue weighted by Gasteiger charge is -2.40. The highest BCUT2D eigenvalue weighted by atomic mass is 32.1. The fraction of sp³-hybridized carbons (Fsp3) is 0.263. The number of morpholine rings is 1. The second-order valence-corrected chi connectivity index (χ2v) is 6.15. The number of nitrogens with one attached hydrogen (secondary N) is 1. The van der Waals surface area contributed by atoms with Gasteiger partial charge in [-0.05, 0) is 36.8 Å². The predicted octanol–water partition coefficient (Wildman–Crippen LogP) is 3.16. The van der Waals surface area contributed by atoms with Crippen LogP contribution in [0, 0.1) is 0 Å². The first-order chi connectivity index (χ1) is 11.7. The summed E-state index contributed by atoms with van der Waals surface area (Å²) in [4.78, 5) is 14.3. The summed E-state index contributed by atoms with van der Waals surface area (Å²) < 4.78 is 5.93. The molecule has 2 aromatic rings. The average molecular weight is 340 g/mol. The molecule has 1 saturated heterocycles. The second kappa shape index (κ2) is 7.55. The summed E-state index contributed by atoms with van der Waals surface area (Å²) in [6.07, 6.45) is -0.0634. The Kier molecular flexibility index (Phi) is 5.23. The molecular weight excluding hydrogens is 320 g/mol. The Morgan fingerprint density at radius 3 is 2.42 bits per heavy atom. The number of nitrogens with zero attached hydrogens (tertiary/aromatic N) is 1. The number of hydrogen-bond donors (Lipinski definition) is 1. The van der Waals surface area contributed by atoms with E-state index in [4.69, 9.17) is 17.0 Å². The zero-order chi connectivity index (χ0) is 16.9. The Bertz CT molecular complexity index is 706. The highest BCUT2D eigenvalue weighted by Gasteiger charge is 2.31. The van der Waals surface area contributed by atoms with Gasteiger partial charge in [-0.15, -0.1) is 0 Å². The largest absolute Gasteiger partial charge is 0.370 e. The van der Waals surface area contributed by atoms with Gasteiger partial charge in [-0.25, -0.2) is 0 Å². The highest BCUT2D eigenvalue weighted by molar-refractivity contribution is 7.80.